The van der Waals surface area contributed by atoms with Crippen molar-refractivity contribution in [1.29, 1.82) is 0 Å². The molecule has 0 aliphatic heterocycles. The maximum absolute atomic E-state index is 13.1. The molecule has 2 aromatic rings. The van der Waals surface area contributed by atoms with Gasteiger partial charge in [-0.25, -0.2) is 12.7 Å². The van der Waals surface area contributed by atoms with E-state index in [2.05, 4.69) is 11.4 Å². The van der Waals surface area contributed by atoms with Crippen molar-refractivity contribution in [2.24, 2.45) is 0 Å². The minimum Gasteiger partial charge on any atom is -0.376 e. The molecular formula is C21H27N3O3S. The maximum Gasteiger partial charge on any atom is 0.242 e. The van der Waals surface area contributed by atoms with E-state index in [0.29, 0.717) is 5.69 Å². The quantitative estimate of drug-likeness (QED) is 0.836. The van der Waals surface area contributed by atoms with Crippen LogP contribution >= 0.6 is 0 Å². The van der Waals surface area contributed by atoms with E-state index in [9.17, 15) is 13.2 Å². The van der Waals surface area contributed by atoms with Gasteiger partial charge in [-0.3, -0.25) is 4.79 Å². The van der Waals surface area contributed by atoms with Gasteiger partial charge in [0, 0.05) is 28.2 Å². The molecule has 28 heavy (non-hydrogen) atoms. The minimum absolute atomic E-state index is 0.102. The molecule has 1 unspecified atom stereocenters. The molecule has 0 saturated heterocycles. The van der Waals surface area contributed by atoms with Gasteiger partial charge in [-0.2, -0.15) is 0 Å². The molecular weight excluding hydrogens is 374 g/mol. The number of benzene rings is 2. The number of amides is 1. The van der Waals surface area contributed by atoms with Gasteiger partial charge < -0.3 is 10.2 Å². The highest BCUT2D eigenvalue weighted by atomic mass is 32.2. The van der Waals surface area contributed by atoms with Gasteiger partial charge in [0.15, 0.2) is 0 Å². The summed E-state index contributed by atoms with van der Waals surface area (Å²) in [4.78, 5) is 15.1. The number of aryl methyl sites for hydroxylation is 1. The van der Waals surface area contributed by atoms with Gasteiger partial charge >= 0.3 is 0 Å². The van der Waals surface area contributed by atoms with Crippen LogP contribution in [0.1, 0.15) is 29.9 Å². The van der Waals surface area contributed by atoms with Gasteiger partial charge in [0.2, 0.25) is 15.9 Å². The molecule has 0 fully saturated rings. The lowest BCUT2D eigenvalue weighted by molar-refractivity contribution is -0.117. The Hall–Kier alpha value is -2.38. The Morgan fingerprint density at radius 3 is 2.46 bits per heavy atom. The second-order valence-electron chi connectivity index (χ2n) is 7.49. The van der Waals surface area contributed by atoms with Crippen LogP contribution in [0.4, 0.5) is 11.4 Å². The Morgan fingerprint density at radius 2 is 1.79 bits per heavy atom. The Kier molecular flexibility index (Phi) is 5.76. The smallest absolute Gasteiger partial charge is 0.242 e. The Bertz CT molecular complexity index is 984. The molecule has 0 saturated carbocycles. The number of fused-ring (bicyclic) bond motifs is 1. The van der Waals surface area contributed by atoms with E-state index in [0.717, 1.165) is 30.5 Å². The fourth-order valence-electron chi connectivity index (χ4n) is 3.62. The van der Waals surface area contributed by atoms with Crippen LogP contribution in [0, 0.1) is 0 Å². The van der Waals surface area contributed by atoms with Crippen LogP contribution in [0.25, 0.3) is 0 Å². The van der Waals surface area contributed by atoms with Crippen molar-refractivity contribution in [2.45, 2.75) is 30.1 Å². The molecule has 3 rings (SSSR count). The normalized spacial score (nSPS) is 16.5. The number of carbonyl (C=O) groups is 1. The molecule has 150 valence electrons. The molecule has 0 radical (unpaired) electrons. The lowest BCUT2D eigenvalue weighted by Gasteiger charge is -2.26. The van der Waals surface area contributed by atoms with Crippen molar-refractivity contribution in [3.8, 4) is 0 Å². The van der Waals surface area contributed by atoms with Crippen molar-refractivity contribution in [2.75, 3.05) is 38.4 Å². The molecule has 1 N–H and O–H groups in total. The Balaban J connectivity index is 1.96. The second-order valence-corrected chi connectivity index (χ2v) is 9.65. The first-order valence-corrected chi connectivity index (χ1v) is 10.8. The Morgan fingerprint density at radius 1 is 1.07 bits per heavy atom. The number of nitrogens with one attached hydrogen (secondary N) is 1. The zero-order valence-electron chi connectivity index (χ0n) is 16.8. The average molecular weight is 402 g/mol. The summed E-state index contributed by atoms with van der Waals surface area (Å²) in [5.41, 5.74) is 3.54. The second kappa shape index (κ2) is 7.93. The summed E-state index contributed by atoms with van der Waals surface area (Å²) in [5, 5.41) is 2.99. The average Bonchev–Trinajstić information content (AvgIpc) is 2.67. The number of sulfonamides is 1. The SMILES string of the molecule is CN(C)c1ccc(S(=O)(=O)N(C)C)cc1NC(=O)C1CCCc2ccccc21. The largest absolute Gasteiger partial charge is 0.376 e. The van der Waals surface area contributed by atoms with E-state index in [1.54, 1.807) is 12.1 Å². The van der Waals surface area contributed by atoms with Gasteiger partial charge in [-0.1, -0.05) is 24.3 Å². The summed E-state index contributed by atoms with van der Waals surface area (Å²) < 4.78 is 26.2. The fraction of sp³-hybridized carbons (Fsp3) is 0.381. The van der Waals surface area contributed by atoms with E-state index in [1.165, 1.54) is 30.0 Å². The third-order valence-electron chi connectivity index (χ3n) is 5.17. The Labute approximate surface area is 167 Å². The fourth-order valence-corrected chi connectivity index (χ4v) is 4.55. The summed E-state index contributed by atoms with van der Waals surface area (Å²) in [6.07, 6.45) is 2.74. The highest BCUT2D eigenvalue weighted by Gasteiger charge is 2.27. The zero-order chi connectivity index (χ0) is 20.5. The molecule has 6 nitrogen and oxygen atoms in total. The number of hydrogen-bond acceptors (Lipinski definition) is 4. The molecule has 1 atom stereocenters. The molecule has 7 heteroatoms. The van der Waals surface area contributed by atoms with Crippen LogP contribution in [-0.4, -0.2) is 46.8 Å². The first-order chi connectivity index (χ1) is 13.2. The summed E-state index contributed by atoms with van der Waals surface area (Å²) in [6.45, 7) is 0. The van der Waals surface area contributed by atoms with E-state index in [4.69, 9.17) is 0 Å². The van der Waals surface area contributed by atoms with Gasteiger partial charge in [-0.05, 0) is 48.6 Å². The molecule has 1 aliphatic rings. The molecule has 1 aliphatic carbocycles. The summed E-state index contributed by atoms with van der Waals surface area (Å²) in [5.74, 6) is -0.330. The standard InChI is InChI=1S/C21H27N3O3S/c1-23(2)20-13-12-16(28(26,27)24(3)4)14-19(20)22-21(25)18-11-7-9-15-8-5-6-10-17(15)18/h5-6,8,10,12-14,18H,7,9,11H2,1-4H3,(H,22,25). The van der Waals surface area contributed by atoms with E-state index < -0.39 is 10.0 Å². The van der Waals surface area contributed by atoms with Crippen molar-refractivity contribution < 1.29 is 13.2 Å². The predicted molar refractivity (Wildman–Crippen MR) is 112 cm³/mol. The lowest BCUT2D eigenvalue weighted by Crippen LogP contribution is -2.26. The van der Waals surface area contributed by atoms with Crippen LogP contribution in [0.3, 0.4) is 0 Å². The first-order valence-electron chi connectivity index (χ1n) is 9.34. The summed E-state index contributed by atoms with van der Waals surface area (Å²) >= 11 is 0. The van der Waals surface area contributed by atoms with Gasteiger partial charge in [-0.15, -0.1) is 0 Å². The molecule has 0 spiro atoms. The molecule has 0 aromatic heterocycles. The topological polar surface area (TPSA) is 69.7 Å². The van der Waals surface area contributed by atoms with Gasteiger partial charge in [0.05, 0.1) is 22.2 Å². The molecule has 1 amide bonds. The first kappa shape index (κ1) is 20.4. The molecule has 0 bridgehead atoms. The number of carbonyl (C=O) groups excluding carboxylic acids is 1. The van der Waals surface area contributed by atoms with Crippen molar-refractivity contribution in [3.63, 3.8) is 0 Å². The van der Waals surface area contributed by atoms with Gasteiger partial charge in [0.1, 0.15) is 0 Å². The van der Waals surface area contributed by atoms with E-state index >= 15 is 0 Å². The summed E-state index contributed by atoms with van der Waals surface area (Å²) in [6, 6.07) is 12.9. The number of rotatable bonds is 5. The minimum atomic E-state index is -3.59. The maximum atomic E-state index is 13.1. The van der Waals surface area contributed by atoms with Crippen LogP contribution in [-0.2, 0) is 21.2 Å². The zero-order valence-corrected chi connectivity index (χ0v) is 17.6. The van der Waals surface area contributed by atoms with Crippen molar-refractivity contribution >= 4 is 27.3 Å². The third kappa shape index (κ3) is 3.91. The number of hydrogen-bond donors (Lipinski definition) is 1. The van der Waals surface area contributed by atoms with Crippen molar-refractivity contribution in [3.05, 3.63) is 53.6 Å². The molecule has 0 heterocycles. The van der Waals surface area contributed by atoms with Gasteiger partial charge in [0.25, 0.3) is 0 Å². The van der Waals surface area contributed by atoms with E-state index in [-0.39, 0.29) is 16.7 Å². The van der Waals surface area contributed by atoms with Crippen LogP contribution in [0.15, 0.2) is 47.4 Å². The van der Waals surface area contributed by atoms with Crippen molar-refractivity contribution in [1.82, 2.24) is 4.31 Å². The third-order valence-corrected chi connectivity index (χ3v) is 6.98. The number of nitrogens with zero attached hydrogens (tertiary/aromatic N) is 2. The van der Waals surface area contributed by atoms with Crippen LogP contribution in [0.5, 0.6) is 0 Å². The lowest BCUT2D eigenvalue weighted by atomic mass is 9.82. The summed E-state index contributed by atoms with van der Waals surface area (Å²) in [7, 11) is 3.12. The highest BCUT2D eigenvalue weighted by Crippen LogP contribution is 2.34. The van der Waals surface area contributed by atoms with Crippen LogP contribution in [0.2, 0.25) is 0 Å². The predicted octanol–water partition coefficient (Wildman–Crippen LogP) is 3.06. The number of anilines is 2. The van der Waals surface area contributed by atoms with E-state index in [1.807, 2.05) is 37.2 Å². The molecule has 2 aromatic carbocycles. The van der Waals surface area contributed by atoms with Crippen LogP contribution < -0.4 is 10.2 Å². The highest BCUT2D eigenvalue weighted by molar-refractivity contribution is 7.89. The monoisotopic (exact) mass is 401 g/mol.